The Bertz CT molecular complexity index is 676. The standard InChI is InChI=1S/C15H17F3O5SSe/c16-15(17,18)24(19,20)23-25-14-10(12-6-2-8-21-12)4-1-5-11(14)13-7-3-9-22-13/h1,4-5,12-13H,2-3,6-9H2/t12-,13-/m0/s1. The molecular formula is C15H17F3O5SSe. The second-order valence-corrected chi connectivity index (χ2v) is 9.39. The molecule has 2 aliphatic heterocycles. The fourth-order valence-electron chi connectivity index (χ4n) is 2.94. The van der Waals surface area contributed by atoms with Crippen molar-refractivity contribution in [1.82, 2.24) is 0 Å². The van der Waals surface area contributed by atoms with Crippen LogP contribution < -0.4 is 4.46 Å². The van der Waals surface area contributed by atoms with E-state index in [1.165, 1.54) is 0 Å². The first kappa shape index (κ1) is 19.1. The molecule has 2 fully saturated rings. The van der Waals surface area contributed by atoms with Crippen LogP contribution in [0.4, 0.5) is 13.2 Å². The van der Waals surface area contributed by atoms with Gasteiger partial charge in [0.05, 0.1) is 0 Å². The van der Waals surface area contributed by atoms with Crippen molar-refractivity contribution in [2.75, 3.05) is 13.2 Å². The third kappa shape index (κ3) is 4.20. The number of ether oxygens (including phenoxy) is 2. The molecule has 0 bridgehead atoms. The van der Waals surface area contributed by atoms with Gasteiger partial charge in [0.25, 0.3) is 0 Å². The van der Waals surface area contributed by atoms with Gasteiger partial charge in [0.1, 0.15) is 0 Å². The van der Waals surface area contributed by atoms with Crippen LogP contribution in [-0.4, -0.2) is 42.4 Å². The summed E-state index contributed by atoms with van der Waals surface area (Å²) in [4.78, 5) is 0. The van der Waals surface area contributed by atoms with Crippen molar-refractivity contribution >= 4 is 29.9 Å². The van der Waals surface area contributed by atoms with Crippen molar-refractivity contribution < 1.29 is 34.3 Å². The van der Waals surface area contributed by atoms with E-state index in [2.05, 4.69) is 3.27 Å². The van der Waals surface area contributed by atoms with Gasteiger partial charge in [0.2, 0.25) is 0 Å². The molecule has 0 amide bonds. The van der Waals surface area contributed by atoms with Crippen LogP contribution in [0.15, 0.2) is 18.2 Å². The Labute approximate surface area is 150 Å². The van der Waals surface area contributed by atoms with Gasteiger partial charge in [-0.25, -0.2) is 0 Å². The molecule has 3 rings (SSSR count). The number of hydrogen-bond acceptors (Lipinski definition) is 5. The minimum absolute atomic E-state index is 0.254. The summed E-state index contributed by atoms with van der Waals surface area (Å²) in [6.45, 7) is 1.14. The van der Waals surface area contributed by atoms with Crippen LogP contribution in [-0.2, 0) is 22.9 Å². The Balaban J connectivity index is 1.93. The van der Waals surface area contributed by atoms with Crippen molar-refractivity contribution in [2.45, 2.75) is 43.4 Å². The molecule has 0 unspecified atom stereocenters. The Kier molecular flexibility index (Phi) is 5.77. The summed E-state index contributed by atoms with van der Waals surface area (Å²) < 4.78 is 76.5. The second-order valence-electron chi connectivity index (χ2n) is 5.82. The molecule has 1 aromatic carbocycles. The third-order valence-electron chi connectivity index (χ3n) is 4.12. The van der Waals surface area contributed by atoms with Crippen LogP contribution >= 0.6 is 0 Å². The average molecular weight is 445 g/mol. The quantitative estimate of drug-likeness (QED) is 0.515. The van der Waals surface area contributed by atoms with Gasteiger partial charge in [-0.15, -0.1) is 0 Å². The molecule has 0 N–H and O–H groups in total. The van der Waals surface area contributed by atoms with E-state index in [0.717, 1.165) is 25.7 Å². The molecule has 2 atom stereocenters. The Morgan fingerprint density at radius 1 is 1.04 bits per heavy atom. The van der Waals surface area contributed by atoms with Crippen LogP contribution in [0.1, 0.15) is 49.0 Å². The van der Waals surface area contributed by atoms with Gasteiger partial charge >= 0.3 is 150 Å². The van der Waals surface area contributed by atoms with Crippen molar-refractivity contribution in [2.24, 2.45) is 0 Å². The van der Waals surface area contributed by atoms with E-state index in [9.17, 15) is 21.6 Å². The molecule has 10 heteroatoms. The molecule has 0 radical (unpaired) electrons. The monoisotopic (exact) mass is 446 g/mol. The Hall–Kier alpha value is -0.641. The Morgan fingerprint density at radius 2 is 1.56 bits per heavy atom. The van der Waals surface area contributed by atoms with Gasteiger partial charge in [0.15, 0.2) is 0 Å². The topological polar surface area (TPSA) is 61.8 Å². The molecule has 5 nitrogen and oxygen atoms in total. The zero-order chi connectivity index (χ0) is 18.1. The van der Waals surface area contributed by atoms with Crippen LogP contribution in [0.2, 0.25) is 0 Å². The van der Waals surface area contributed by atoms with Crippen molar-refractivity contribution in [3.8, 4) is 0 Å². The molecule has 0 aliphatic carbocycles. The van der Waals surface area contributed by atoms with Crippen LogP contribution in [0.25, 0.3) is 0 Å². The maximum atomic E-state index is 12.6. The summed E-state index contributed by atoms with van der Waals surface area (Å²) >= 11 is -1.36. The molecule has 0 saturated carbocycles. The molecular weight excluding hydrogens is 428 g/mol. The summed E-state index contributed by atoms with van der Waals surface area (Å²) in [6.07, 6.45) is 2.67. The molecule has 2 aliphatic rings. The third-order valence-corrected chi connectivity index (χ3v) is 7.83. The number of halogens is 3. The molecule has 1 aromatic rings. The molecule has 2 heterocycles. The SMILES string of the molecule is O=S(=O)(O[Se]c1c([C@@H]2CCCO2)cccc1[C@@H]1CCCO1)C(F)(F)F. The van der Waals surface area contributed by atoms with Crippen molar-refractivity contribution in [3.63, 3.8) is 0 Å². The first-order valence-electron chi connectivity index (χ1n) is 7.83. The fourth-order valence-corrected chi connectivity index (χ4v) is 5.89. The van der Waals surface area contributed by atoms with E-state index < -0.39 is 30.9 Å². The molecule has 0 spiro atoms. The molecule has 25 heavy (non-hydrogen) atoms. The van der Waals surface area contributed by atoms with E-state index in [-0.39, 0.29) is 12.2 Å². The number of benzene rings is 1. The van der Waals surface area contributed by atoms with Gasteiger partial charge in [-0.2, -0.15) is 0 Å². The van der Waals surface area contributed by atoms with Gasteiger partial charge in [-0.1, -0.05) is 0 Å². The molecule has 0 aromatic heterocycles. The summed E-state index contributed by atoms with van der Waals surface area (Å²) in [6, 6.07) is 5.32. The van der Waals surface area contributed by atoms with Crippen LogP contribution in [0.3, 0.4) is 0 Å². The zero-order valence-corrected chi connectivity index (χ0v) is 15.7. The van der Waals surface area contributed by atoms with Crippen LogP contribution in [0.5, 0.6) is 0 Å². The summed E-state index contributed by atoms with van der Waals surface area (Å²) in [5, 5.41) is 0. The predicted octanol–water partition coefficient (Wildman–Crippen LogP) is 2.50. The van der Waals surface area contributed by atoms with Crippen LogP contribution in [0, 0.1) is 0 Å². The first-order chi connectivity index (χ1) is 11.8. The van der Waals surface area contributed by atoms with E-state index in [1.54, 1.807) is 18.2 Å². The normalized spacial score (nSPS) is 24.8. The summed E-state index contributed by atoms with van der Waals surface area (Å²) in [7, 11) is -5.63. The minimum atomic E-state index is -5.63. The van der Waals surface area contributed by atoms with Gasteiger partial charge in [-0.3, -0.25) is 0 Å². The van der Waals surface area contributed by atoms with E-state index in [4.69, 9.17) is 9.47 Å². The second kappa shape index (κ2) is 7.54. The van der Waals surface area contributed by atoms with E-state index in [0.29, 0.717) is 28.8 Å². The zero-order valence-electron chi connectivity index (χ0n) is 13.1. The van der Waals surface area contributed by atoms with E-state index in [1.807, 2.05) is 0 Å². The fraction of sp³-hybridized carbons (Fsp3) is 0.600. The average Bonchev–Trinajstić information content (AvgIpc) is 3.24. The van der Waals surface area contributed by atoms with Gasteiger partial charge in [-0.05, 0) is 0 Å². The predicted molar refractivity (Wildman–Crippen MR) is 83.7 cm³/mol. The molecule has 140 valence electrons. The maximum absolute atomic E-state index is 12.6. The Morgan fingerprint density at radius 3 is 1.96 bits per heavy atom. The van der Waals surface area contributed by atoms with Crippen molar-refractivity contribution in [3.05, 3.63) is 29.3 Å². The van der Waals surface area contributed by atoms with Gasteiger partial charge < -0.3 is 0 Å². The summed E-state index contributed by atoms with van der Waals surface area (Å²) in [5.41, 5.74) is -4.04. The number of rotatable bonds is 5. The van der Waals surface area contributed by atoms with Crippen molar-refractivity contribution in [1.29, 1.82) is 0 Å². The van der Waals surface area contributed by atoms with E-state index >= 15 is 0 Å². The number of hydrogen-bond donors (Lipinski definition) is 0. The summed E-state index contributed by atoms with van der Waals surface area (Å²) in [5.74, 6) is 0. The first-order valence-corrected chi connectivity index (χ1v) is 10.8. The molecule has 2 saturated heterocycles. The number of alkyl halides is 3. The van der Waals surface area contributed by atoms with Gasteiger partial charge in [0, 0.05) is 0 Å².